The van der Waals surface area contributed by atoms with Gasteiger partial charge in [-0.25, -0.2) is 0 Å². The minimum Gasteiger partial charge on any atom is -0.192 e. The zero-order valence-corrected chi connectivity index (χ0v) is 7.76. The third-order valence-electron chi connectivity index (χ3n) is 2.39. The van der Waals surface area contributed by atoms with E-state index in [1.165, 1.54) is 11.3 Å². The van der Waals surface area contributed by atoms with Crippen LogP contribution in [0.2, 0.25) is 0 Å². The molecule has 0 unspecified atom stereocenters. The Morgan fingerprint density at radius 2 is 1.92 bits per heavy atom. The molecule has 0 aliphatic carbocycles. The van der Waals surface area contributed by atoms with E-state index in [1.807, 2.05) is 7.05 Å². The van der Waals surface area contributed by atoms with Gasteiger partial charge in [0.2, 0.25) is 5.69 Å². The molecule has 2 rings (SSSR count). The lowest BCUT2D eigenvalue weighted by Crippen LogP contribution is -2.15. The van der Waals surface area contributed by atoms with Gasteiger partial charge in [0.05, 0.1) is 5.41 Å². The van der Waals surface area contributed by atoms with Crippen molar-refractivity contribution in [3.8, 4) is 0 Å². The molecule has 1 aromatic carbocycles. The van der Waals surface area contributed by atoms with Crippen molar-refractivity contribution in [2.75, 3.05) is 7.05 Å². The van der Waals surface area contributed by atoms with Gasteiger partial charge in [0.15, 0.2) is 0 Å². The number of rotatable bonds is 0. The van der Waals surface area contributed by atoms with Crippen LogP contribution in [0.4, 0.5) is 5.69 Å². The van der Waals surface area contributed by atoms with Crippen LogP contribution in [-0.2, 0) is 5.41 Å². The maximum Gasteiger partial charge on any atom is 0.260 e. The summed E-state index contributed by atoms with van der Waals surface area (Å²) < 4.78 is 2.08. The van der Waals surface area contributed by atoms with E-state index in [0.717, 1.165) is 0 Å². The summed E-state index contributed by atoms with van der Waals surface area (Å²) >= 11 is 0. The molecular formula is C11H13N+. The smallest absolute Gasteiger partial charge is 0.192 e. The zero-order chi connectivity index (χ0) is 8.77. The van der Waals surface area contributed by atoms with Crippen molar-refractivity contribution in [2.24, 2.45) is 0 Å². The molecule has 0 N–H and O–H groups in total. The highest BCUT2D eigenvalue weighted by atomic mass is 15.0. The molecule has 0 aromatic heterocycles. The molecule has 1 heteroatoms. The van der Waals surface area contributed by atoms with Gasteiger partial charge in [-0.05, 0) is 13.8 Å². The van der Waals surface area contributed by atoms with Gasteiger partial charge in [0, 0.05) is 11.6 Å². The average Bonchev–Trinajstić information content (AvgIpc) is 2.25. The summed E-state index contributed by atoms with van der Waals surface area (Å²) in [6.07, 6.45) is 3.39. The first-order chi connectivity index (χ1) is 5.61. The molecular weight excluding hydrogens is 146 g/mol. The van der Waals surface area contributed by atoms with E-state index in [9.17, 15) is 0 Å². The second-order valence-electron chi connectivity index (χ2n) is 3.81. The summed E-state index contributed by atoms with van der Waals surface area (Å²) in [5.74, 6) is 0. The van der Waals surface area contributed by atoms with Gasteiger partial charge >= 0.3 is 0 Å². The molecule has 12 heavy (non-hydrogen) atoms. The molecule has 1 heterocycles. The number of para-hydroxylation sites is 1. The number of fused-ring (bicyclic) bond motifs is 1. The maximum atomic E-state index is 3.39. The Hall–Kier alpha value is -1.11. The average molecular weight is 159 g/mol. The molecule has 0 saturated carbocycles. The summed E-state index contributed by atoms with van der Waals surface area (Å²) in [5.41, 5.74) is 2.72. The summed E-state index contributed by atoms with van der Waals surface area (Å²) in [6, 6.07) is 8.46. The molecule has 0 saturated heterocycles. The molecule has 0 bridgehead atoms. The minimum atomic E-state index is 0.0747. The Morgan fingerprint density at radius 1 is 1.25 bits per heavy atom. The molecule has 1 radical (unpaired) electrons. The molecule has 0 atom stereocenters. The molecule has 0 spiro atoms. The molecule has 1 aliphatic heterocycles. The quantitative estimate of drug-likeness (QED) is 0.510. The van der Waals surface area contributed by atoms with Crippen LogP contribution >= 0.6 is 0 Å². The van der Waals surface area contributed by atoms with E-state index in [4.69, 9.17) is 0 Å². The van der Waals surface area contributed by atoms with Crippen molar-refractivity contribution >= 4 is 11.9 Å². The highest BCUT2D eigenvalue weighted by molar-refractivity contribution is 5.76. The summed E-state index contributed by atoms with van der Waals surface area (Å²) in [6.45, 7) is 4.38. The van der Waals surface area contributed by atoms with Gasteiger partial charge in [0.1, 0.15) is 7.05 Å². The van der Waals surface area contributed by atoms with Crippen LogP contribution in [0.1, 0.15) is 19.4 Å². The lowest BCUT2D eigenvalue weighted by Gasteiger charge is -2.08. The number of benzene rings is 1. The van der Waals surface area contributed by atoms with E-state index < -0.39 is 0 Å². The van der Waals surface area contributed by atoms with Crippen LogP contribution in [0.3, 0.4) is 0 Å². The van der Waals surface area contributed by atoms with Crippen molar-refractivity contribution in [3.05, 3.63) is 29.8 Å². The second-order valence-corrected chi connectivity index (χ2v) is 3.81. The number of hydrogen-bond acceptors (Lipinski definition) is 0. The van der Waals surface area contributed by atoms with Gasteiger partial charge in [0.25, 0.3) is 6.21 Å². The van der Waals surface area contributed by atoms with Crippen LogP contribution in [0.15, 0.2) is 24.3 Å². The Labute approximate surface area is 73.4 Å². The molecule has 1 aromatic rings. The monoisotopic (exact) mass is 159 g/mol. The SMILES string of the molecule is C[N+]1=[C]C(C)(C)c2ccccc21. The van der Waals surface area contributed by atoms with Gasteiger partial charge in [-0.1, -0.05) is 18.2 Å². The predicted octanol–water partition coefficient (Wildman–Crippen LogP) is 2.20. The van der Waals surface area contributed by atoms with Crippen LogP contribution in [0.25, 0.3) is 0 Å². The Balaban J connectivity index is 2.68. The largest absolute Gasteiger partial charge is 0.260 e. The molecule has 1 aliphatic rings. The van der Waals surface area contributed by atoms with Gasteiger partial charge in [-0.2, -0.15) is 4.58 Å². The fourth-order valence-corrected chi connectivity index (χ4v) is 1.83. The first-order valence-electron chi connectivity index (χ1n) is 4.22. The van der Waals surface area contributed by atoms with E-state index in [2.05, 4.69) is 48.9 Å². The minimum absolute atomic E-state index is 0.0747. The van der Waals surface area contributed by atoms with Crippen molar-refractivity contribution in [1.29, 1.82) is 0 Å². The molecule has 1 nitrogen and oxygen atoms in total. The summed E-state index contributed by atoms with van der Waals surface area (Å²) in [5, 5.41) is 0. The summed E-state index contributed by atoms with van der Waals surface area (Å²) in [4.78, 5) is 0. The Bertz CT molecular complexity index is 348. The van der Waals surface area contributed by atoms with Crippen molar-refractivity contribution < 1.29 is 4.58 Å². The third kappa shape index (κ3) is 0.893. The first kappa shape index (κ1) is 7.53. The first-order valence-corrected chi connectivity index (χ1v) is 4.22. The Morgan fingerprint density at radius 3 is 2.58 bits per heavy atom. The summed E-state index contributed by atoms with van der Waals surface area (Å²) in [7, 11) is 2.05. The maximum absolute atomic E-state index is 3.39. The van der Waals surface area contributed by atoms with Crippen LogP contribution in [-0.4, -0.2) is 17.8 Å². The van der Waals surface area contributed by atoms with Crippen molar-refractivity contribution in [2.45, 2.75) is 19.3 Å². The van der Waals surface area contributed by atoms with Crippen LogP contribution in [0.5, 0.6) is 0 Å². The van der Waals surface area contributed by atoms with Crippen LogP contribution < -0.4 is 0 Å². The fraction of sp³-hybridized carbons (Fsp3) is 0.364. The molecule has 0 amide bonds. The number of hydrogen-bond donors (Lipinski definition) is 0. The lowest BCUT2D eigenvalue weighted by molar-refractivity contribution is -0.397. The van der Waals surface area contributed by atoms with Crippen LogP contribution in [0, 0.1) is 0 Å². The van der Waals surface area contributed by atoms with Crippen molar-refractivity contribution in [3.63, 3.8) is 0 Å². The van der Waals surface area contributed by atoms with Gasteiger partial charge in [-0.15, -0.1) is 0 Å². The molecule has 61 valence electrons. The third-order valence-corrected chi connectivity index (χ3v) is 2.39. The second kappa shape index (κ2) is 2.19. The van der Waals surface area contributed by atoms with E-state index >= 15 is 0 Å². The van der Waals surface area contributed by atoms with E-state index in [1.54, 1.807) is 0 Å². The highest BCUT2D eigenvalue weighted by Gasteiger charge is 2.36. The lowest BCUT2D eigenvalue weighted by atomic mass is 9.87. The number of nitrogens with zero attached hydrogens (tertiary/aromatic N) is 1. The van der Waals surface area contributed by atoms with E-state index in [-0.39, 0.29) is 5.41 Å². The fourth-order valence-electron chi connectivity index (χ4n) is 1.83. The molecule has 0 fully saturated rings. The topological polar surface area (TPSA) is 3.01 Å². The van der Waals surface area contributed by atoms with E-state index in [0.29, 0.717) is 0 Å². The Kier molecular flexibility index (Phi) is 1.38. The van der Waals surface area contributed by atoms with Gasteiger partial charge in [-0.3, -0.25) is 0 Å². The standard InChI is InChI=1S/C11H13N/c1-11(2)8-12(3)10-7-5-4-6-9(10)11/h4-7H,1-3H3/q+1. The highest BCUT2D eigenvalue weighted by Crippen LogP contribution is 2.34. The van der Waals surface area contributed by atoms with Crippen molar-refractivity contribution in [1.82, 2.24) is 0 Å². The predicted molar refractivity (Wildman–Crippen MR) is 50.3 cm³/mol. The van der Waals surface area contributed by atoms with Gasteiger partial charge < -0.3 is 0 Å². The normalized spacial score (nSPS) is 18.8. The zero-order valence-electron chi connectivity index (χ0n) is 7.76.